The molecular formula is C30H37N3O3. The quantitative estimate of drug-likeness (QED) is 0.390. The maximum atomic E-state index is 13.7. The Morgan fingerprint density at radius 2 is 1.72 bits per heavy atom. The van der Waals surface area contributed by atoms with E-state index in [0.29, 0.717) is 30.1 Å². The molecule has 1 aliphatic rings. The minimum absolute atomic E-state index is 0.0544. The number of hydrogen-bond acceptors (Lipinski definition) is 5. The van der Waals surface area contributed by atoms with Crippen LogP contribution in [0.5, 0.6) is 17.2 Å². The summed E-state index contributed by atoms with van der Waals surface area (Å²) < 4.78 is 11.6. The van der Waals surface area contributed by atoms with Gasteiger partial charge >= 0.3 is 0 Å². The predicted octanol–water partition coefficient (Wildman–Crippen LogP) is 5.73. The van der Waals surface area contributed by atoms with Crippen LogP contribution < -0.4 is 15.2 Å². The van der Waals surface area contributed by atoms with Gasteiger partial charge in [0.2, 0.25) is 0 Å². The molecule has 190 valence electrons. The monoisotopic (exact) mass is 487 g/mol. The molecule has 1 saturated heterocycles. The fourth-order valence-corrected chi connectivity index (χ4v) is 4.57. The first-order chi connectivity index (χ1) is 17.3. The van der Waals surface area contributed by atoms with E-state index in [2.05, 4.69) is 17.9 Å². The zero-order chi connectivity index (χ0) is 25.7. The number of anilines is 1. The number of nitrogen functional groups attached to an aromatic ring is 1. The average molecular weight is 488 g/mol. The van der Waals surface area contributed by atoms with Gasteiger partial charge in [0.05, 0.1) is 12.8 Å². The first-order valence-corrected chi connectivity index (χ1v) is 12.6. The van der Waals surface area contributed by atoms with Crippen LogP contribution in [0, 0.1) is 20.8 Å². The molecular weight excluding hydrogens is 450 g/mol. The van der Waals surface area contributed by atoms with Gasteiger partial charge in [0.25, 0.3) is 5.91 Å². The van der Waals surface area contributed by atoms with E-state index in [-0.39, 0.29) is 5.91 Å². The number of nitrogens with zero attached hydrogens (tertiary/aromatic N) is 2. The van der Waals surface area contributed by atoms with Crippen molar-refractivity contribution in [1.82, 2.24) is 9.80 Å². The van der Waals surface area contributed by atoms with Gasteiger partial charge in [-0.15, -0.1) is 0 Å². The van der Waals surface area contributed by atoms with Crippen LogP contribution in [0.25, 0.3) is 0 Å². The lowest BCUT2D eigenvalue weighted by Gasteiger charge is -2.27. The molecule has 6 heteroatoms. The predicted molar refractivity (Wildman–Crippen MR) is 145 cm³/mol. The van der Waals surface area contributed by atoms with E-state index in [0.717, 1.165) is 47.8 Å². The molecule has 2 N–H and O–H groups in total. The maximum Gasteiger partial charge on any atom is 0.254 e. The number of ether oxygens (including phenoxy) is 2. The molecule has 0 aliphatic carbocycles. The molecule has 0 unspecified atom stereocenters. The molecule has 1 heterocycles. The summed E-state index contributed by atoms with van der Waals surface area (Å²) in [5.41, 5.74) is 11.8. The molecule has 0 radical (unpaired) electrons. The summed E-state index contributed by atoms with van der Waals surface area (Å²) in [7, 11) is 1.67. The Hall–Kier alpha value is -3.51. The third-order valence-corrected chi connectivity index (χ3v) is 6.94. The SMILES string of the molecule is COc1cc(C)ccc1CN(CCN1CCCC1)C(=O)c1ccc(Oc2ccc(C)c(C)c2)c(N)c1. The number of carbonyl (C=O) groups excluding carboxylic acids is 1. The molecule has 6 nitrogen and oxygen atoms in total. The number of benzene rings is 3. The fourth-order valence-electron chi connectivity index (χ4n) is 4.57. The molecule has 0 bridgehead atoms. The smallest absolute Gasteiger partial charge is 0.254 e. The highest BCUT2D eigenvalue weighted by atomic mass is 16.5. The number of likely N-dealkylation sites (tertiary alicyclic amines) is 1. The highest BCUT2D eigenvalue weighted by Crippen LogP contribution is 2.30. The van der Waals surface area contributed by atoms with Crippen LogP contribution in [0.15, 0.2) is 54.6 Å². The Kier molecular flexibility index (Phi) is 8.16. The molecule has 1 fully saturated rings. The molecule has 0 spiro atoms. The van der Waals surface area contributed by atoms with E-state index in [1.54, 1.807) is 25.3 Å². The maximum absolute atomic E-state index is 13.7. The zero-order valence-corrected chi connectivity index (χ0v) is 21.8. The largest absolute Gasteiger partial charge is 0.496 e. The number of rotatable bonds is 9. The summed E-state index contributed by atoms with van der Waals surface area (Å²) in [5.74, 6) is 2.01. The van der Waals surface area contributed by atoms with Gasteiger partial charge in [0.1, 0.15) is 17.2 Å². The fraction of sp³-hybridized carbons (Fsp3) is 0.367. The summed E-state index contributed by atoms with van der Waals surface area (Å²) in [6, 6.07) is 17.3. The van der Waals surface area contributed by atoms with Gasteiger partial charge in [-0.05, 0) is 99.8 Å². The minimum Gasteiger partial charge on any atom is -0.496 e. The third kappa shape index (κ3) is 6.18. The first kappa shape index (κ1) is 25.6. The average Bonchev–Trinajstić information content (AvgIpc) is 3.39. The van der Waals surface area contributed by atoms with Gasteiger partial charge < -0.3 is 25.0 Å². The normalized spacial score (nSPS) is 13.6. The Morgan fingerprint density at radius 1 is 0.944 bits per heavy atom. The van der Waals surface area contributed by atoms with Crippen LogP contribution in [-0.2, 0) is 6.54 Å². The van der Waals surface area contributed by atoms with E-state index < -0.39 is 0 Å². The third-order valence-electron chi connectivity index (χ3n) is 6.94. The second-order valence-electron chi connectivity index (χ2n) is 9.69. The van der Waals surface area contributed by atoms with E-state index in [4.69, 9.17) is 15.2 Å². The van der Waals surface area contributed by atoms with Crippen molar-refractivity contribution in [3.05, 3.63) is 82.4 Å². The number of methoxy groups -OCH3 is 1. The number of nitrogens with two attached hydrogens (primary N) is 1. The van der Waals surface area contributed by atoms with Gasteiger partial charge in [-0.1, -0.05) is 18.2 Å². The van der Waals surface area contributed by atoms with E-state index >= 15 is 0 Å². The number of amides is 1. The van der Waals surface area contributed by atoms with Gasteiger partial charge in [0.15, 0.2) is 0 Å². The zero-order valence-electron chi connectivity index (χ0n) is 21.8. The number of aryl methyl sites for hydroxylation is 3. The molecule has 3 aromatic rings. The van der Waals surface area contributed by atoms with Crippen molar-refractivity contribution < 1.29 is 14.3 Å². The van der Waals surface area contributed by atoms with Crippen molar-refractivity contribution >= 4 is 11.6 Å². The topological polar surface area (TPSA) is 68.0 Å². The van der Waals surface area contributed by atoms with E-state index in [1.165, 1.54) is 18.4 Å². The Morgan fingerprint density at radius 3 is 2.42 bits per heavy atom. The highest BCUT2D eigenvalue weighted by Gasteiger charge is 2.21. The van der Waals surface area contributed by atoms with Crippen LogP contribution in [-0.4, -0.2) is 49.0 Å². The van der Waals surface area contributed by atoms with Crippen LogP contribution in [0.3, 0.4) is 0 Å². The van der Waals surface area contributed by atoms with Crippen LogP contribution in [0.2, 0.25) is 0 Å². The summed E-state index contributed by atoms with van der Waals surface area (Å²) in [6.07, 6.45) is 2.44. The van der Waals surface area contributed by atoms with Crippen molar-refractivity contribution in [2.24, 2.45) is 0 Å². The van der Waals surface area contributed by atoms with Crippen molar-refractivity contribution in [3.63, 3.8) is 0 Å². The lowest BCUT2D eigenvalue weighted by molar-refractivity contribution is 0.0726. The highest BCUT2D eigenvalue weighted by molar-refractivity contribution is 5.95. The molecule has 0 aromatic heterocycles. The minimum atomic E-state index is -0.0544. The molecule has 1 amide bonds. The van der Waals surface area contributed by atoms with Gasteiger partial charge in [-0.25, -0.2) is 0 Å². The molecule has 0 saturated carbocycles. The van der Waals surface area contributed by atoms with Crippen molar-refractivity contribution in [2.75, 3.05) is 39.0 Å². The van der Waals surface area contributed by atoms with Crippen molar-refractivity contribution in [3.8, 4) is 17.2 Å². The van der Waals surface area contributed by atoms with Crippen LogP contribution in [0.4, 0.5) is 5.69 Å². The van der Waals surface area contributed by atoms with Crippen molar-refractivity contribution in [1.29, 1.82) is 0 Å². The second-order valence-corrected chi connectivity index (χ2v) is 9.69. The van der Waals surface area contributed by atoms with Gasteiger partial charge in [0, 0.05) is 30.8 Å². The summed E-state index contributed by atoms with van der Waals surface area (Å²) in [4.78, 5) is 18.0. The molecule has 4 rings (SSSR count). The Labute approximate surface area is 214 Å². The first-order valence-electron chi connectivity index (χ1n) is 12.6. The summed E-state index contributed by atoms with van der Waals surface area (Å²) in [6.45, 7) is 10.3. The lowest BCUT2D eigenvalue weighted by atomic mass is 10.1. The molecule has 1 aliphatic heterocycles. The van der Waals surface area contributed by atoms with Crippen LogP contribution in [0.1, 0.15) is 45.5 Å². The molecule has 36 heavy (non-hydrogen) atoms. The summed E-state index contributed by atoms with van der Waals surface area (Å²) >= 11 is 0. The van der Waals surface area contributed by atoms with Crippen LogP contribution >= 0.6 is 0 Å². The second kappa shape index (κ2) is 11.5. The number of hydrogen-bond donors (Lipinski definition) is 1. The lowest BCUT2D eigenvalue weighted by Crippen LogP contribution is -2.37. The Bertz CT molecular complexity index is 1220. The molecule has 0 atom stereocenters. The summed E-state index contributed by atoms with van der Waals surface area (Å²) in [5, 5.41) is 0. The van der Waals surface area contributed by atoms with Crippen molar-refractivity contribution in [2.45, 2.75) is 40.2 Å². The van der Waals surface area contributed by atoms with E-state index in [1.807, 2.05) is 49.1 Å². The number of carbonyl (C=O) groups is 1. The standard InChI is InChI=1S/C30H37N3O3/c1-21-7-9-25(29(17-21)35-4)20-33(16-15-32-13-5-6-14-32)30(34)24-10-12-28(27(31)19-24)36-26-11-8-22(2)23(3)18-26/h7-12,17-19H,5-6,13-16,20,31H2,1-4H3. The van der Waals surface area contributed by atoms with E-state index in [9.17, 15) is 4.79 Å². The van der Waals surface area contributed by atoms with Gasteiger partial charge in [-0.2, -0.15) is 0 Å². The van der Waals surface area contributed by atoms with Gasteiger partial charge in [-0.3, -0.25) is 4.79 Å². The Balaban J connectivity index is 1.55. The molecule has 3 aromatic carbocycles.